The van der Waals surface area contributed by atoms with Crippen LogP contribution >= 0.6 is 17.5 Å². The molecule has 0 heterocycles. The van der Waals surface area contributed by atoms with E-state index in [9.17, 15) is 0 Å². The molecule has 0 aromatic heterocycles. The van der Waals surface area contributed by atoms with Crippen LogP contribution in [0.4, 0.5) is 5.69 Å². The third-order valence-corrected chi connectivity index (χ3v) is 12.3. The summed E-state index contributed by atoms with van der Waals surface area (Å²) in [5.41, 5.74) is 12.9. The number of ether oxygens (including phenoxy) is 2. The van der Waals surface area contributed by atoms with Crippen LogP contribution in [0.25, 0.3) is 22.3 Å². The van der Waals surface area contributed by atoms with Crippen LogP contribution in [0.3, 0.4) is 0 Å². The minimum absolute atomic E-state index is 0.182. The van der Waals surface area contributed by atoms with Crippen LogP contribution in [-0.2, 0) is 18.2 Å². The van der Waals surface area contributed by atoms with Crippen LogP contribution < -0.4 is 20.5 Å². The van der Waals surface area contributed by atoms with Crippen LogP contribution in [0.2, 0.25) is 0 Å². The number of methoxy groups -OCH3 is 2. The van der Waals surface area contributed by atoms with Crippen LogP contribution in [0, 0.1) is 6.07 Å². The van der Waals surface area contributed by atoms with Crippen molar-refractivity contribution in [3.05, 3.63) is 97.1 Å². The van der Waals surface area contributed by atoms with E-state index in [0.29, 0.717) is 0 Å². The van der Waals surface area contributed by atoms with Crippen molar-refractivity contribution in [3.63, 3.8) is 0 Å². The van der Waals surface area contributed by atoms with E-state index in [-0.39, 0.29) is 7.92 Å². The Hall–Kier alpha value is -2.34. The van der Waals surface area contributed by atoms with Crippen molar-refractivity contribution in [1.29, 1.82) is 0 Å². The third kappa shape index (κ3) is 8.89. The van der Waals surface area contributed by atoms with E-state index in [1.807, 2.05) is 54.6 Å². The quantitative estimate of drug-likeness (QED) is 0.0895. The number of anilines is 1. The SMILES string of the molecule is COc1cccc(OC)c1-c1ccccc1P(C1CCCCC1)C1CCCCC1.Nc1ccccc1-c1[c-]cccc1.[Cl][Pd+]. The van der Waals surface area contributed by atoms with E-state index in [2.05, 4.69) is 70.2 Å². The predicted molar refractivity (Wildman–Crippen MR) is 186 cm³/mol. The van der Waals surface area contributed by atoms with Crippen molar-refractivity contribution in [3.8, 4) is 33.8 Å². The van der Waals surface area contributed by atoms with Crippen molar-refractivity contribution >= 4 is 28.4 Å². The first-order valence-corrected chi connectivity index (χ1v) is 19.2. The summed E-state index contributed by atoms with van der Waals surface area (Å²) in [4.78, 5) is 0. The van der Waals surface area contributed by atoms with Gasteiger partial charge in [0.2, 0.25) is 0 Å². The summed E-state index contributed by atoms with van der Waals surface area (Å²) < 4.78 is 11.6. The zero-order chi connectivity index (χ0) is 31.1. The zero-order valence-electron chi connectivity index (χ0n) is 25.9. The molecule has 0 aliphatic heterocycles. The van der Waals surface area contributed by atoms with Gasteiger partial charge in [-0.25, -0.2) is 0 Å². The molecule has 44 heavy (non-hydrogen) atoms. The molecule has 0 atom stereocenters. The molecule has 0 saturated heterocycles. The average molecular weight is 721 g/mol. The number of benzene rings is 4. The molecule has 2 fully saturated rings. The number of nitrogen functional groups attached to an aromatic ring is 1. The Labute approximate surface area is 281 Å². The molecule has 236 valence electrons. The van der Waals surface area contributed by atoms with Crippen LogP contribution in [-0.4, -0.2) is 25.5 Å². The van der Waals surface area contributed by atoms with Gasteiger partial charge in [0, 0.05) is 0 Å². The molecule has 0 amide bonds. The number of para-hydroxylation sites is 1. The first kappa shape index (κ1) is 34.5. The molecule has 6 rings (SSSR count). The van der Waals surface area contributed by atoms with Gasteiger partial charge in [-0.3, -0.25) is 0 Å². The molecule has 2 aliphatic carbocycles. The normalized spacial score (nSPS) is 15.4. The first-order chi connectivity index (χ1) is 21.7. The van der Waals surface area contributed by atoms with Gasteiger partial charge in [-0.2, -0.15) is 0 Å². The van der Waals surface area contributed by atoms with Crippen molar-refractivity contribution in [2.24, 2.45) is 0 Å². The summed E-state index contributed by atoms with van der Waals surface area (Å²) in [6, 6.07) is 34.1. The fourth-order valence-electron chi connectivity index (χ4n) is 6.74. The topological polar surface area (TPSA) is 44.5 Å². The van der Waals surface area contributed by atoms with E-state index in [1.165, 1.54) is 69.8 Å². The summed E-state index contributed by atoms with van der Waals surface area (Å²) >= 11 is 2.22. The average Bonchev–Trinajstić information content (AvgIpc) is 3.11. The van der Waals surface area contributed by atoms with Crippen LogP contribution in [0.15, 0.2) is 91.0 Å². The maximum absolute atomic E-state index is 5.83. The Morgan fingerprint density at radius 3 is 1.70 bits per heavy atom. The van der Waals surface area contributed by atoms with E-state index in [4.69, 9.17) is 15.2 Å². The van der Waals surface area contributed by atoms with Crippen LogP contribution in [0.5, 0.6) is 11.5 Å². The van der Waals surface area contributed by atoms with Crippen molar-refractivity contribution in [1.82, 2.24) is 0 Å². The van der Waals surface area contributed by atoms with E-state index in [0.717, 1.165) is 45.2 Å². The van der Waals surface area contributed by atoms with Gasteiger partial charge in [-0.05, 0) is 71.8 Å². The van der Waals surface area contributed by atoms with Gasteiger partial charge in [-0.1, -0.05) is 101 Å². The molecule has 3 nitrogen and oxygen atoms in total. The van der Waals surface area contributed by atoms with Crippen molar-refractivity contribution in [2.45, 2.75) is 75.5 Å². The number of hydrogen-bond donors (Lipinski definition) is 1. The zero-order valence-corrected chi connectivity index (χ0v) is 29.1. The molecule has 4 aromatic rings. The summed E-state index contributed by atoms with van der Waals surface area (Å²) in [7, 11) is 7.85. The Morgan fingerprint density at radius 1 is 0.659 bits per heavy atom. The molecule has 0 spiro atoms. The molecule has 0 bridgehead atoms. The molecule has 0 radical (unpaired) electrons. The second-order valence-corrected chi connectivity index (χ2v) is 14.2. The Balaban J connectivity index is 0.000000245. The first-order valence-electron chi connectivity index (χ1n) is 15.7. The molecule has 2 N–H and O–H groups in total. The second kappa shape index (κ2) is 18.6. The molecule has 4 aromatic carbocycles. The van der Waals surface area contributed by atoms with Gasteiger partial charge >= 0.3 is 27.7 Å². The number of hydrogen-bond acceptors (Lipinski definition) is 3. The maximum atomic E-state index is 5.83. The summed E-state index contributed by atoms with van der Waals surface area (Å²) in [6.45, 7) is 0. The van der Waals surface area contributed by atoms with Gasteiger partial charge < -0.3 is 15.2 Å². The van der Waals surface area contributed by atoms with Crippen molar-refractivity contribution < 1.29 is 27.7 Å². The number of nitrogens with two attached hydrogens (primary N) is 1. The third-order valence-electron chi connectivity index (χ3n) is 8.78. The molecular formula is C38H45ClNO2PPd. The second-order valence-electron chi connectivity index (χ2n) is 11.4. The molecular weight excluding hydrogens is 675 g/mol. The molecule has 0 unspecified atom stereocenters. The Bertz CT molecular complexity index is 1370. The molecule has 2 saturated carbocycles. The minimum atomic E-state index is -0.182. The van der Waals surface area contributed by atoms with Gasteiger partial charge in [0.15, 0.2) is 0 Å². The fourth-order valence-corrected chi connectivity index (χ4v) is 10.7. The monoisotopic (exact) mass is 719 g/mol. The molecule has 6 heteroatoms. The Morgan fingerprint density at radius 2 is 1.18 bits per heavy atom. The molecule has 2 aliphatic rings. The number of rotatable bonds is 7. The van der Waals surface area contributed by atoms with E-state index in [1.54, 1.807) is 19.5 Å². The van der Waals surface area contributed by atoms with Crippen molar-refractivity contribution in [2.75, 3.05) is 20.0 Å². The summed E-state index contributed by atoms with van der Waals surface area (Å²) in [5, 5.41) is 1.59. The van der Waals surface area contributed by atoms with E-state index >= 15 is 0 Å². The van der Waals surface area contributed by atoms with Gasteiger partial charge in [0.1, 0.15) is 11.5 Å². The summed E-state index contributed by atoms with van der Waals surface area (Å²) in [5.74, 6) is 1.83. The summed E-state index contributed by atoms with van der Waals surface area (Å²) in [6.07, 6.45) is 14.2. The fraction of sp³-hybridized carbons (Fsp3) is 0.368. The Kier molecular flexibility index (Phi) is 14.6. The number of halogens is 1. The van der Waals surface area contributed by atoms with Crippen LogP contribution in [0.1, 0.15) is 64.2 Å². The van der Waals surface area contributed by atoms with Gasteiger partial charge in [-0.15, -0.1) is 35.9 Å². The van der Waals surface area contributed by atoms with Gasteiger partial charge in [0.25, 0.3) is 0 Å². The predicted octanol–water partition coefficient (Wildman–Crippen LogP) is 10.6. The van der Waals surface area contributed by atoms with E-state index < -0.39 is 0 Å². The standard InChI is InChI=1S/C26H35O2P.C12H10N.ClH.Pd/c1-27-23-17-11-18-24(28-2)26(23)22-16-9-10-19-25(22)29(20-12-5-3-6-13-20)21-14-7-4-8-15-21;13-12-9-5-4-8-11(12)10-6-2-1-3-7-10;;/h9-11,16-21H,3-8,12-15H2,1-2H3;1-6,8-9H,13H2;1H;/q;-1;;+2/p-1. The van der Waals surface area contributed by atoms with Gasteiger partial charge in [0.05, 0.1) is 19.8 Å².